The van der Waals surface area contributed by atoms with Gasteiger partial charge in [-0.15, -0.1) is 0 Å². The Labute approximate surface area is 119 Å². The lowest BCUT2D eigenvalue weighted by Crippen LogP contribution is -2.33. The molecule has 0 radical (unpaired) electrons. The number of thiocarbonyl (C=S) groups is 1. The monoisotopic (exact) mass is 288 g/mol. The largest absolute Gasteiger partial charge is 0.392 e. The van der Waals surface area contributed by atoms with E-state index < -0.39 is 0 Å². The molecule has 102 valence electrons. The van der Waals surface area contributed by atoms with Crippen LogP contribution in [0.1, 0.15) is 32.2 Å². The standard InChI is InChI=1S/C12H21ClN4S/c1-4-9-12(13)10(17(6-3)15-9)7-16(5-2)8-11(14)18/h4-8H2,1-3H3,(H2,14,18). The zero-order valence-electron chi connectivity index (χ0n) is 11.2. The quantitative estimate of drug-likeness (QED) is 0.782. The highest BCUT2D eigenvalue weighted by atomic mass is 35.5. The van der Waals surface area contributed by atoms with Crippen molar-refractivity contribution >= 4 is 28.8 Å². The summed E-state index contributed by atoms with van der Waals surface area (Å²) in [5.41, 5.74) is 7.61. The van der Waals surface area contributed by atoms with Crippen LogP contribution in [0.4, 0.5) is 0 Å². The van der Waals surface area contributed by atoms with Gasteiger partial charge in [0.2, 0.25) is 0 Å². The molecule has 0 saturated carbocycles. The van der Waals surface area contributed by atoms with Gasteiger partial charge in [-0.05, 0) is 19.9 Å². The van der Waals surface area contributed by atoms with Crippen LogP contribution >= 0.6 is 23.8 Å². The lowest BCUT2D eigenvalue weighted by atomic mass is 10.3. The van der Waals surface area contributed by atoms with Crippen LogP contribution in [0, 0.1) is 0 Å². The first-order valence-electron chi connectivity index (χ1n) is 6.28. The molecule has 0 unspecified atom stereocenters. The van der Waals surface area contributed by atoms with E-state index in [1.807, 2.05) is 4.68 Å². The number of likely N-dealkylation sites (N-methyl/N-ethyl adjacent to an activating group) is 1. The molecule has 0 aliphatic heterocycles. The molecule has 0 saturated heterocycles. The third-order valence-corrected chi connectivity index (χ3v) is 3.46. The van der Waals surface area contributed by atoms with Gasteiger partial charge in [-0.3, -0.25) is 9.58 Å². The summed E-state index contributed by atoms with van der Waals surface area (Å²) in [5.74, 6) is 0. The molecule has 0 bridgehead atoms. The molecule has 0 aliphatic carbocycles. The van der Waals surface area contributed by atoms with Crippen molar-refractivity contribution in [2.24, 2.45) is 5.73 Å². The lowest BCUT2D eigenvalue weighted by molar-refractivity contribution is 0.309. The molecular weight excluding hydrogens is 268 g/mol. The fourth-order valence-electron chi connectivity index (χ4n) is 1.88. The molecule has 2 N–H and O–H groups in total. The Kier molecular flexibility index (Phi) is 6.05. The van der Waals surface area contributed by atoms with E-state index in [1.54, 1.807) is 0 Å². The maximum Gasteiger partial charge on any atom is 0.0870 e. The molecule has 0 amide bonds. The fourth-order valence-corrected chi connectivity index (χ4v) is 2.39. The van der Waals surface area contributed by atoms with Gasteiger partial charge in [-0.2, -0.15) is 5.10 Å². The molecule has 0 aliphatic rings. The van der Waals surface area contributed by atoms with Crippen LogP contribution in [0.2, 0.25) is 5.02 Å². The van der Waals surface area contributed by atoms with E-state index in [4.69, 9.17) is 29.6 Å². The summed E-state index contributed by atoms with van der Waals surface area (Å²) in [4.78, 5) is 2.67. The number of rotatable bonds is 7. The second-order valence-electron chi connectivity index (χ2n) is 4.15. The molecule has 0 fully saturated rings. The Balaban J connectivity index is 2.93. The SMILES string of the molecule is CCc1nn(CC)c(CN(CC)CC(N)=S)c1Cl. The number of aromatic nitrogens is 2. The Morgan fingerprint density at radius 3 is 2.56 bits per heavy atom. The van der Waals surface area contributed by atoms with Crippen LogP contribution in [0.15, 0.2) is 0 Å². The van der Waals surface area contributed by atoms with Crippen LogP contribution in [0.3, 0.4) is 0 Å². The maximum absolute atomic E-state index is 6.37. The first-order chi connectivity index (χ1) is 8.53. The van der Waals surface area contributed by atoms with Crippen molar-refractivity contribution in [1.29, 1.82) is 0 Å². The summed E-state index contributed by atoms with van der Waals surface area (Å²) in [6.45, 7) is 9.25. The number of halogens is 1. The van der Waals surface area contributed by atoms with Crippen molar-refractivity contribution in [3.05, 3.63) is 16.4 Å². The van der Waals surface area contributed by atoms with Gasteiger partial charge in [0.25, 0.3) is 0 Å². The molecule has 1 rings (SSSR count). The molecule has 0 aromatic carbocycles. The highest BCUT2D eigenvalue weighted by Gasteiger charge is 2.16. The lowest BCUT2D eigenvalue weighted by Gasteiger charge is -2.20. The highest BCUT2D eigenvalue weighted by molar-refractivity contribution is 7.80. The Morgan fingerprint density at radius 2 is 2.11 bits per heavy atom. The molecular formula is C12H21ClN4S. The topological polar surface area (TPSA) is 47.1 Å². The van der Waals surface area contributed by atoms with Gasteiger partial charge < -0.3 is 5.73 Å². The predicted molar refractivity (Wildman–Crippen MR) is 80.0 cm³/mol. The summed E-state index contributed by atoms with van der Waals surface area (Å²) in [6.07, 6.45) is 0.847. The van der Waals surface area contributed by atoms with E-state index in [2.05, 4.69) is 30.8 Å². The zero-order valence-corrected chi connectivity index (χ0v) is 12.8. The van der Waals surface area contributed by atoms with Gasteiger partial charge in [0.05, 0.1) is 21.4 Å². The van der Waals surface area contributed by atoms with Gasteiger partial charge in [-0.1, -0.05) is 37.7 Å². The Hall–Kier alpha value is -0.650. The number of hydrogen-bond donors (Lipinski definition) is 1. The Morgan fingerprint density at radius 1 is 1.44 bits per heavy atom. The van der Waals surface area contributed by atoms with Crippen molar-refractivity contribution in [1.82, 2.24) is 14.7 Å². The smallest absolute Gasteiger partial charge is 0.0870 e. The molecule has 0 atom stereocenters. The van der Waals surface area contributed by atoms with Gasteiger partial charge >= 0.3 is 0 Å². The van der Waals surface area contributed by atoms with Gasteiger partial charge in [-0.25, -0.2) is 0 Å². The molecule has 6 heteroatoms. The highest BCUT2D eigenvalue weighted by Crippen LogP contribution is 2.22. The van der Waals surface area contributed by atoms with E-state index in [0.29, 0.717) is 11.5 Å². The third kappa shape index (κ3) is 3.67. The van der Waals surface area contributed by atoms with Crippen molar-refractivity contribution in [3.8, 4) is 0 Å². The van der Waals surface area contributed by atoms with E-state index in [0.717, 1.165) is 42.5 Å². The van der Waals surface area contributed by atoms with Crippen LogP contribution in [-0.2, 0) is 19.5 Å². The first kappa shape index (κ1) is 15.4. The summed E-state index contributed by atoms with van der Waals surface area (Å²) in [7, 11) is 0. The van der Waals surface area contributed by atoms with Crippen molar-refractivity contribution in [2.75, 3.05) is 13.1 Å². The maximum atomic E-state index is 6.37. The average molecular weight is 289 g/mol. The number of nitrogens with zero attached hydrogens (tertiary/aromatic N) is 3. The molecule has 4 nitrogen and oxygen atoms in total. The number of nitrogens with two attached hydrogens (primary N) is 1. The molecule has 1 heterocycles. The first-order valence-corrected chi connectivity index (χ1v) is 7.06. The molecule has 0 spiro atoms. The van der Waals surface area contributed by atoms with Gasteiger partial charge in [0, 0.05) is 19.6 Å². The zero-order chi connectivity index (χ0) is 13.7. The van der Waals surface area contributed by atoms with Gasteiger partial charge in [0.15, 0.2) is 0 Å². The fraction of sp³-hybridized carbons (Fsp3) is 0.667. The van der Waals surface area contributed by atoms with Crippen LogP contribution in [0.25, 0.3) is 0 Å². The second-order valence-corrected chi connectivity index (χ2v) is 5.05. The van der Waals surface area contributed by atoms with E-state index >= 15 is 0 Å². The summed E-state index contributed by atoms with van der Waals surface area (Å²) >= 11 is 11.3. The Bertz CT molecular complexity index is 416. The van der Waals surface area contributed by atoms with Crippen LogP contribution in [-0.4, -0.2) is 32.8 Å². The van der Waals surface area contributed by atoms with Gasteiger partial charge in [0.1, 0.15) is 0 Å². The minimum Gasteiger partial charge on any atom is -0.392 e. The van der Waals surface area contributed by atoms with Crippen molar-refractivity contribution < 1.29 is 0 Å². The summed E-state index contributed by atoms with van der Waals surface area (Å²) < 4.78 is 1.96. The minimum absolute atomic E-state index is 0.506. The molecule has 18 heavy (non-hydrogen) atoms. The third-order valence-electron chi connectivity index (χ3n) is 2.89. The minimum atomic E-state index is 0.506. The van der Waals surface area contributed by atoms with E-state index in [-0.39, 0.29) is 0 Å². The van der Waals surface area contributed by atoms with E-state index in [9.17, 15) is 0 Å². The molecule has 1 aromatic heterocycles. The normalized spacial score (nSPS) is 11.2. The van der Waals surface area contributed by atoms with Crippen LogP contribution < -0.4 is 5.73 Å². The van der Waals surface area contributed by atoms with Crippen molar-refractivity contribution in [2.45, 2.75) is 40.3 Å². The summed E-state index contributed by atoms with van der Waals surface area (Å²) in [5, 5.41) is 5.29. The summed E-state index contributed by atoms with van der Waals surface area (Å²) in [6, 6.07) is 0. The van der Waals surface area contributed by atoms with E-state index in [1.165, 1.54) is 0 Å². The van der Waals surface area contributed by atoms with Crippen molar-refractivity contribution in [3.63, 3.8) is 0 Å². The average Bonchev–Trinajstić information content (AvgIpc) is 2.64. The number of hydrogen-bond acceptors (Lipinski definition) is 3. The number of aryl methyl sites for hydroxylation is 2. The molecule has 1 aromatic rings. The van der Waals surface area contributed by atoms with Crippen LogP contribution in [0.5, 0.6) is 0 Å². The predicted octanol–water partition coefficient (Wildman–Crippen LogP) is 2.23. The second kappa shape index (κ2) is 7.07.